The fourth-order valence-electron chi connectivity index (χ4n) is 3.92. The molecule has 0 radical (unpaired) electrons. The van der Waals surface area contributed by atoms with Gasteiger partial charge in [-0.3, -0.25) is 14.6 Å². The summed E-state index contributed by atoms with van der Waals surface area (Å²) in [5.41, 5.74) is 0.900. The van der Waals surface area contributed by atoms with Crippen LogP contribution >= 0.6 is 0 Å². The van der Waals surface area contributed by atoms with E-state index in [0.717, 1.165) is 50.6 Å². The van der Waals surface area contributed by atoms with E-state index in [1.165, 1.54) is 0 Å². The van der Waals surface area contributed by atoms with Gasteiger partial charge in [0, 0.05) is 44.8 Å². The fourth-order valence-corrected chi connectivity index (χ4v) is 3.92. The van der Waals surface area contributed by atoms with Crippen LogP contribution in [0.15, 0.2) is 28.8 Å². The van der Waals surface area contributed by atoms with Crippen molar-refractivity contribution in [2.24, 2.45) is 11.8 Å². The normalized spacial score (nSPS) is 15.5. The van der Waals surface area contributed by atoms with Crippen LogP contribution < -0.4 is 4.74 Å². The zero-order chi connectivity index (χ0) is 23.1. The Morgan fingerprint density at radius 2 is 1.62 bits per heavy atom. The van der Waals surface area contributed by atoms with Crippen molar-refractivity contribution >= 4 is 5.91 Å². The minimum atomic E-state index is 0.238. The number of rotatable bonds is 10. The first-order valence-corrected chi connectivity index (χ1v) is 11.5. The van der Waals surface area contributed by atoms with Crippen LogP contribution in [0.5, 0.6) is 5.75 Å². The van der Waals surface area contributed by atoms with Gasteiger partial charge in [0.2, 0.25) is 17.6 Å². The Morgan fingerprint density at radius 3 is 2.19 bits per heavy atom. The molecule has 32 heavy (non-hydrogen) atoms. The average molecular weight is 444 g/mol. The van der Waals surface area contributed by atoms with E-state index in [4.69, 9.17) is 9.26 Å². The molecular formula is C24H37N5O3. The molecule has 0 bridgehead atoms. The summed E-state index contributed by atoms with van der Waals surface area (Å²) in [5, 5.41) is 4.11. The Kier molecular flexibility index (Phi) is 8.64. The number of carbonyl (C=O) groups excluding carboxylic acids is 1. The molecule has 0 aliphatic carbocycles. The van der Waals surface area contributed by atoms with Gasteiger partial charge in [-0.25, -0.2) is 0 Å². The number of aromatic nitrogens is 2. The summed E-state index contributed by atoms with van der Waals surface area (Å²) in [4.78, 5) is 24.0. The van der Waals surface area contributed by atoms with Crippen molar-refractivity contribution in [3.05, 3.63) is 30.2 Å². The van der Waals surface area contributed by atoms with Gasteiger partial charge in [0.1, 0.15) is 5.75 Å². The third-order valence-corrected chi connectivity index (χ3v) is 5.52. The molecule has 2 heterocycles. The van der Waals surface area contributed by atoms with E-state index in [9.17, 15) is 4.79 Å². The lowest BCUT2D eigenvalue weighted by molar-refractivity contribution is -0.134. The zero-order valence-electron chi connectivity index (χ0n) is 20.1. The van der Waals surface area contributed by atoms with Crippen LogP contribution in [0.1, 0.15) is 33.6 Å². The Bertz CT molecular complexity index is 832. The van der Waals surface area contributed by atoms with E-state index < -0.39 is 0 Å². The molecule has 0 saturated carbocycles. The van der Waals surface area contributed by atoms with Gasteiger partial charge in [0.15, 0.2) is 0 Å². The smallest absolute Gasteiger partial charge is 0.241 e. The molecule has 8 heteroatoms. The molecule has 176 valence electrons. The minimum absolute atomic E-state index is 0.238. The number of hydrogen-bond donors (Lipinski definition) is 0. The predicted octanol–water partition coefficient (Wildman–Crippen LogP) is 3.00. The molecule has 2 aromatic rings. The summed E-state index contributed by atoms with van der Waals surface area (Å²) in [6.45, 7) is 14.9. The number of amides is 1. The molecule has 1 saturated heterocycles. The summed E-state index contributed by atoms with van der Waals surface area (Å²) in [6.07, 6.45) is 0. The van der Waals surface area contributed by atoms with Crippen molar-refractivity contribution in [3.8, 4) is 17.1 Å². The van der Waals surface area contributed by atoms with E-state index >= 15 is 0 Å². The number of carbonyl (C=O) groups is 1. The third-order valence-electron chi connectivity index (χ3n) is 5.52. The third kappa shape index (κ3) is 7.03. The molecular weight excluding hydrogens is 406 g/mol. The summed E-state index contributed by atoms with van der Waals surface area (Å²) in [5.74, 6) is 3.19. The predicted molar refractivity (Wildman–Crippen MR) is 124 cm³/mol. The van der Waals surface area contributed by atoms with Gasteiger partial charge < -0.3 is 14.2 Å². The van der Waals surface area contributed by atoms with Crippen molar-refractivity contribution in [1.82, 2.24) is 24.8 Å². The van der Waals surface area contributed by atoms with Crippen LogP contribution in [0.3, 0.4) is 0 Å². The van der Waals surface area contributed by atoms with E-state index in [0.29, 0.717) is 36.6 Å². The number of hydrogen-bond acceptors (Lipinski definition) is 7. The monoisotopic (exact) mass is 443 g/mol. The first-order valence-electron chi connectivity index (χ1n) is 11.5. The highest BCUT2D eigenvalue weighted by Crippen LogP contribution is 2.20. The highest BCUT2D eigenvalue weighted by atomic mass is 16.5. The first kappa shape index (κ1) is 24.2. The quantitative estimate of drug-likeness (QED) is 0.559. The number of nitrogens with zero attached hydrogens (tertiary/aromatic N) is 5. The fraction of sp³-hybridized carbons (Fsp3) is 0.625. The van der Waals surface area contributed by atoms with Crippen LogP contribution in [-0.2, 0) is 11.3 Å². The Balaban J connectivity index is 1.47. The Labute approximate surface area is 191 Å². The molecule has 1 aliphatic heterocycles. The van der Waals surface area contributed by atoms with Crippen molar-refractivity contribution in [2.75, 3.05) is 52.9 Å². The second-order valence-electron chi connectivity index (χ2n) is 9.38. The van der Waals surface area contributed by atoms with Gasteiger partial charge >= 0.3 is 0 Å². The van der Waals surface area contributed by atoms with Crippen molar-refractivity contribution in [2.45, 2.75) is 34.2 Å². The van der Waals surface area contributed by atoms with Crippen molar-refractivity contribution in [1.29, 1.82) is 0 Å². The standard InChI is InChI=1S/C24H37N5O3/c1-18(2)14-29(15-19(3)4)23(30)17-28-12-10-27(11-13-28)16-22-25-24(26-32-22)20-6-8-21(31-5)9-7-20/h6-9,18-19H,10-17H2,1-5H3. The summed E-state index contributed by atoms with van der Waals surface area (Å²) in [7, 11) is 1.64. The van der Waals surface area contributed by atoms with E-state index in [2.05, 4.69) is 47.6 Å². The van der Waals surface area contributed by atoms with Crippen LogP contribution in [0, 0.1) is 11.8 Å². The molecule has 1 aromatic heterocycles. The Hall–Kier alpha value is -2.45. The number of piperazine rings is 1. The molecule has 1 amide bonds. The zero-order valence-corrected chi connectivity index (χ0v) is 20.1. The van der Waals surface area contributed by atoms with E-state index in [1.807, 2.05) is 29.2 Å². The molecule has 1 fully saturated rings. The van der Waals surface area contributed by atoms with Crippen molar-refractivity contribution in [3.63, 3.8) is 0 Å². The minimum Gasteiger partial charge on any atom is -0.497 e. The maximum absolute atomic E-state index is 12.9. The molecule has 0 N–H and O–H groups in total. The van der Waals surface area contributed by atoms with Gasteiger partial charge in [0.25, 0.3) is 0 Å². The molecule has 0 spiro atoms. The van der Waals surface area contributed by atoms with Crippen LogP contribution in [0.25, 0.3) is 11.4 Å². The second-order valence-corrected chi connectivity index (χ2v) is 9.38. The van der Waals surface area contributed by atoms with Gasteiger partial charge in [-0.2, -0.15) is 4.98 Å². The lowest BCUT2D eigenvalue weighted by Gasteiger charge is -2.35. The van der Waals surface area contributed by atoms with E-state index in [1.54, 1.807) is 7.11 Å². The van der Waals surface area contributed by atoms with Gasteiger partial charge in [0.05, 0.1) is 20.2 Å². The lowest BCUT2D eigenvalue weighted by atomic mass is 10.1. The molecule has 8 nitrogen and oxygen atoms in total. The van der Waals surface area contributed by atoms with Crippen LogP contribution in [-0.4, -0.2) is 83.7 Å². The highest BCUT2D eigenvalue weighted by molar-refractivity contribution is 5.78. The topological polar surface area (TPSA) is 74.9 Å². The van der Waals surface area contributed by atoms with Crippen LogP contribution in [0.2, 0.25) is 0 Å². The maximum atomic E-state index is 12.9. The Morgan fingerprint density at radius 1 is 1.03 bits per heavy atom. The number of ether oxygens (including phenoxy) is 1. The molecule has 3 rings (SSSR count). The number of benzene rings is 1. The SMILES string of the molecule is COc1ccc(-c2noc(CN3CCN(CC(=O)N(CC(C)C)CC(C)C)CC3)n2)cc1. The second kappa shape index (κ2) is 11.4. The average Bonchev–Trinajstić information content (AvgIpc) is 3.22. The molecule has 1 aromatic carbocycles. The molecule has 0 unspecified atom stereocenters. The lowest BCUT2D eigenvalue weighted by Crippen LogP contribution is -2.50. The summed E-state index contributed by atoms with van der Waals surface area (Å²) < 4.78 is 10.7. The molecule has 1 aliphatic rings. The van der Waals surface area contributed by atoms with Gasteiger partial charge in [-0.15, -0.1) is 0 Å². The van der Waals surface area contributed by atoms with Gasteiger partial charge in [-0.05, 0) is 36.1 Å². The molecule has 0 atom stereocenters. The number of methoxy groups -OCH3 is 1. The maximum Gasteiger partial charge on any atom is 0.241 e. The van der Waals surface area contributed by atoms with Crippen molar-refractivity contribution < 1.29 is 14.1 Å². The van der Waals surface area contributed by atoms with Crippen LogP contribution in [0.4, 0.5) is 0 Å². The largest absolute Gasteiger partial charge is 0.497 e. The van der Waals surface area contributed by atoms with Gasteiger partial charge in [-0.1, -0.05) is 32.9 Å². The van der Waals surface area contributed by atoms with E-state index in [-0.39, 0.29) is 5.91 Å². The first-order chi connectivity index (χ1) is 15.3. The summed E-state index contributed by atoms with van der Waals surface area (Å²) in [6, 6.07) is 7.61. The highest BCUT2D eigenvalue weighted by Gasteiger charge is 2.24. The summed E-state index contributed by atoms with van der Waals surface area (Å²) >= 11 is 0.